The number of hydrogen-bond donors (Lipinski definition) is 1. The average Bonchev–Trinajstić information content (AvgIpc) is 3.33. The maximum atomic E-state index is 12.1. The van der Waals surface area contributed by atoms with Crippen LogP contribution in [0.2, 0.25) is 0 Å². The zero-order valence-corrected chi connectivity index (χ0v) is 12.4. The van der Waals surface area contributed by atoms with Gasteiger partial charge in [-0.05, 0) is 57.3 Å². The monoisotopic (exact) mass is 276 g/mol. The third-order valence-electron chi connectivity index (χ3n) is 4.53. The van der Waals surface area contributed by atoms with Gasteiger partial charge in [0.25, 0.3) is 0 Å². The lowest BCUT2D eigenvalue weighted by Crippen LogP contribution is -2.27. The predicted molar refractivity (Wildman–Crippen MR) is 75.8 cm³/mol. The highest BCUT2D eigenvalue weighted by molar-refractivity contribution is 5.76. The highest BCUT2D eigenvalue weighted by Crippen LogP contribution is 2.50. The van der Waals surface area contributed by atoms with Crippen molar-refractivity contribution in [3.8, 4) is 0 Å². The van der Waals surface area contributed by atoms with Crippen LogP contribution in [-0.2, 0) is 17.9 Å². The second-order valence-electron chi connectivity index (χ2n) is 6.24. The minimum absolute atomic E-state index is 0.180. The Morgan fingerprint density at radius 1 is 1.30 bits per heavy atom. The van der Waals surface area contributed by atoms with E-state index in [1.807, 2.05) is 13.8 Å². The molecule has 2 saturated carbocycles. The summed E-state index contributed by atoms with van der Waals surface area (Å²) in [6.07, 6.45) is 6.03. The van der Waals surface area contributed by atoms with E-state index in [0.717, 1.165) is 29.8 Å². The van der Waals surface area contributed by atoms with Crippen molar-refractivity contribution in [3.05, 3.63) is 11.4 Å². The van der Waals surface area contributed by atoms with Gasteiger partial charge in [-0.15, -0.1) is 0 Å². The van der Waals surface area contributed by atoms with Crippen LogP contribution in [0.5, 0.6) is 0 Å². The van der Waals surface area contributed by atoms with E-state index in [2.05, 4.69) is 15.5 Å². The molecule has 2 aliphatic rings. The molecule has 0 spiro atoms. The van der Waals surface area contributed by atoms with Crippen LogP contribution in [0.15, 0.2) is 0 Å². The molecule has 0 aliphatic heterocycles. The molecule has 5 heteroatoms. The van der Waals surface area contributed by atoms with Gasteiger partial charge in [0.15, 0.2) is 0 Å². The molecular weight excluding hydrogens is 252 g/mol. The molecule has 0 saturated heterocycles. The summed E-state index contributed by atoms with van der Waals surface area (Å²) in [5, 5.41) is 11.7. The molecular formula is C15H24N4O. The first kappa shape index (κ1) is 13.6. The van der Waals surface area contributed by atoms with Crippen LogP contribution in [0, 0.1) is 24.7 Å². The number of aromatic nitrogens is 3. The third-order valence-corrected chi connectivity index (χ3v) is 4.53. The Kier molecular flexibility index (Phi) is 3.76. The standard InChI is InChI=1S/C15H24N4O/c1-3-19-17-10(2)14(18-19)9-16-15(20)8-13(11-4-5-11)12-6-7-12/h11-13H,3-9H2,1-2H3,(H,16,20). The number of carbonyl (C=O) groups is 1. The summed E-state index contributed by atoms with van der Waals surface area (Å²) in [6, 6.07) is 0. The van der Waals surface area contributed by atoms with Crippen LogP contribution in [0.4, 0.5) is 0 Å². The Hall–Kier alpha value is -1.39. The molecule has 0 radical (unpaired) electrons. The number of aryl methyl sites for hydroxylation is 2. The first-order valence-corrected chi connectivity index (χ1v) is 7.84. The van der Waals surface area contributed by atoms with Crippen LogP contribution in [0.1, 0.15) is 50.4 Å². The van der Waals surface area contributed by atoms with Crippen molar-refractivity contribution in [2.24, 2.45) is 17.8 Å². The van der Waals surface area contributed by atoms with E-state index >= 15 is 0 Å². The number of nitrogens with zero attached hydrogens (tertiary/aromatic N) is 3. The number of amides is 1. The smallest absolute Gasteiger partial charge is 0.220 e. The second kappa shape index (κ2) is 5.54. The quantitative estimate of drug-likeness (QED) is 0.829. The zero-order valence-electron chi connectivity index (χ0n) is 12.4. The summed E-state index contributed by atoms with van der Waals surface area (Å²) in [6.45, 7) is 5.22. The lowest BCUT2D eigenvalue weighted by atomic mass is 9.94. The minimum Gasteiger partial charge on any atom is -0.350 e. The summed E-state index contributed by atoms with van der Waals surface area (Å²) >= 11 is 0. The van der Waals surface area contributed by atoms with Gasteiger partial charge in [0.1, 0.15) is 5.69 Å². The fourth-order valence-corrected chi connectivity index (χ4v) is 3.01. The molecule has 1 amide bonds. The third kappa shape index (κ3) is 3.19. The van der Waals surface area contributed by atoms with E-state index in [4.69, 9.17) is 0 Å². The summed E-state index contributed by atoms with van der Waals surface area (Å²) in [5.41, 5.74) is 1.79. The van der Waals surface area contributed by atoms with Crippen molar-refractivity contribution in [1.82, 2.24) is 20.3 Å². The van der Waals surface area contributed by atoms with Crippen molar-refractivity contribution < 1.29 is 4.79 Å². The molecule has 0 atom stereocenters. The molecule has 2 aliphatic carbocycles. The van der Waals surface area contributed by atoms with E-state index in [9.17, 15) is 4.79 Å². The SMILES string of the molecule is CCn1nc(C)c(CNC(=O)CC(C2CC2)C2CC2)n1. The molecule has 110 valence electrons. The minimum atomic E-state index is 0.180. The van der Waals surface area contributed by atoms with Gasteiger partial charge in [0.2, 0.25) is 5.91 Å². The Morgan fingerprint density at radius 2 is 1.95 bits per heavy atom. The van der Waals surface area contributed by atoms with Crippen LogP contribution < -0.4 is 5.32 Å². The molecule has 0 bridgehead atoms. The topological polar surface area (TPSA) is 59.8 Å². The van der Waals surface area contributed by atoms with Gasteiger partial charge in [-0.25, -0.2) is 0 Å². The van der Waals surface area contributed by atoms with Crippen LogP contribution in [0.25, 0.3) is 0 Å². The Bertz CT molecular complexity index is 476. The summed E-state index contributed by atoms with van der Waals surface area (Å²) in [5.74, 6) is 2.48. The number of rotatable bonds is 7. The number of nitrogens with one attached hydrogen (secondary N) is 1. The van der Waals surface area contributed by atoms with Gasteiger partial charge < -0.3 is 5.32 Å². The molecule has 2 fully saturated rings. The fourth-order valence-electron chi connectivity index (χ4n) is 3.01. The highest BCUT2D eigenvalue weighted by Gasteiger charge is 2.42. The van der Waals surface area contributed by atoms with Crippen LogP contribution in [0.3, 0.4) is 0 Å². The summed E-state index contributed by atoms with van der Waals surface area (Å²) in [7, 11) is 0. The van der Waals surface area contributed by atoms with Crippen molar-refractivity contribution in [2.75, 3.05) is 0 Å². The molecule has 1 N–H and O–H groups in total. The Balaban J connectivity index is 1.49. The largest absolute Gasteiger partial charge is 0.350 e. The van der Waals surface area contributed by atoms with Crippen LogP contribution in [-0.4, -0.2) is 20.9 Å². The van der Waals surface area contributed by atoms with E-state index in [0.29, 0.717) is 18.9 Å². The zero-order chi connectivity index (χ0) is 14.1. The van der Waals surface area contributed by atoms with Crippen molar-refractivity contribution >= 4 is 5.91 Å². The number of hydrogen-bond acceptors (Lipinski definition) is 3. The molecule has 0 unspecified atom stereocenters. The van der Waals surface area contributed by atoms with Gasteiger partial charge in [0.05, 0.1) is 18.8 Å². The Morgan fingerprint density at radius 3 is 2.45 bits per heavy atom. The van der Waals surface area contributed by atoms with Gasteiger partial charge >= 0.3 is 0 Å². The average molecular weight is 276 g/mol. The van der Waals surface area contributed by atoms with Crippen molar-refractivity contribution in [3.63, 3.8) is 0 Å². The lowest BCUT2D eigenvalue weighted by Gasteiger charge is -2.14. The summed E-state index contributed by atoms with van der Waals surface area (Å²) in [4.78, 5) is 13.8. The normalized spacial score (nSPS) is 18.6. The molecule has 1 aromatic heterocycles. The maximum absolute atomic E-state index is 12.1. The van der Waals surface area contributed by atoms with E-state index in [-0.39, 0.29) is 5.91 Å². The van der Waals surface area contributed by atoms with E-state index in [1.54, 1.807) is 4.80 Å². The van der Waals surface area contributed by atoms with Crippen LogP contribution >= 0.6 is 0 Å². The van der Waals surface area contributed by atoms with Gasteiger partial charge in [0, 0.05) is 6.42 Å². The highest BCUT2D eigenvalue weighted by atomic mass is 16.1. The lowest BCUT2D eigenvalue weighted by molar-refractivity contribution is -0.122. The van der Waals surface area contributed by atoms with E-state index < -0.39 is 0 Å². The van der Waals surface area contributed by atoms with E-state index in [1.165, 1.54) is 25.7 Å². The molecule has 5 nitrogen and oxygen atoms in total. The molecule has 20 heavy (non-hydrogen) atoms. The first-order chi connectivity index (χ1) is 9.67. The summed E-state index contributed by atoms with van der Waals surface area (Å²) < 4.78 is 0. The molecule has 1 heterocycles. The maximum Gasteiger partial charge on any atom is 0.220 e. The van der Waals surface area contributed by atoms with Gasteiger partial charge in [-0.3, -0.25) is 4.79 Å². The molecule has 1 aromatic rings. The van der Waals surface area contributed by atoms with Gasteiger partial charge in [-0.1, -0.05) is 0 Å². The predicted octanol–water partition coefficient (Wildman–Crippen LogP) is 2.05. The fraction of sp³-hybridized carbons (Fsp3) is 0.800. The molecule has 0 aromatic carbocycles. The van der Waals surface area contributed by atoms with Crippen molar-refractivity contribution in [1.29, 1.82) is 0 Å². The Labute approximate surface area is 120 Å². The van der Waals surface area contributed by atoms with Gasteiger partial charge in [-0.2, -0.15) is 15.0 Å². The number of carbonyl (C=O) groups excluding carboxylic acids is 1. The molecule has 3 rings (SSSR count). The van der Waals surface area contributed by atoms with Crippen molar-refractivity contribution in [2.45, 2.75) is 59.0 Å². The second-order valence-corrected chi connectivity index (χ2v) is 6.24. The first-order valence-electron chi connectivity index (χ1n) is 7.84.